The van der Waals surface area contributed by atoms with Crippen LogP contribution in [0, 0.1) is 0 Å². The number of sulfone groups is 1. The van der Waals surface area contributed by atoms with Gasteiger partial charge in [-0.2, -0.15) is 0 Å². The summed E-state index contributed by atoms with van der Waals surface area (Å²) in [5, 5.41) is 0. The van der Waals surface area contributed by atoms with Gasteiger partial charge in [0.1, 0.15) is 0 Å². The molecular weight excluding hydrogens is 534 g/mol. The first kappa shape index (κ1) is 28.7. The van der Waals surface area contributed by atoms with Gasteiger partial charge in [0, 0.05) is 50.7 Å². The number of hydrogen-bond donors (Lipinski definition) is 1. The lowest BCUT2D eigenvalue weighted by Gasteiger charge is -2.32. The number of hydrogen-bond acceptors (Lipinski definition) is 6. The molecule has 1 fully saturated rings. The van der Waals surface area contributed by atoms with Crippen molar-refractivity contribution < 1.29 is 21.6 Å². The van der Waals surface area contributed by atoms with Crippen LogP contribution >= 0.6 is 0 Å². The third-order valence-corrected chi connectivity index (χ3v) is 9.41. The molecule has 10 heteroatoms. The van der Waals surface area contributed by atoms with E-state index in [-0.39, 0.29) is 21.7 Å². The standard InChI is InChI=1S/C29H33N3O5S2/c1-31(29(33)17-10-23-8-13-27(14-9-23)38(2,34)35)26-11-15-28(16-12-26)39(36,37)30-25-18-20-32(21-19-25)22-24-6-4-3-5-7-24/h3-17,25,30H,18-22H2,1-2H3. The van der Waals surface area contributed by atoms with Crippen LogP contribution in [-0.2, 0) is 31.2 Å². The molecule has 0 atom stereocenters. The Kier molecular flexibility index (Phi) is 9.01. The van der Waals surface area contributed by atoms with Crippen molar-refractivity contribution in [3.63, 3.8) is 0 Å². The van der Waals surface area contributed by atoms with Gasteiger partial charge in [-0.25, -0.2) is 21.6 Å². The minimum Gasteiger partial charge on any atom is -0.312 e. The lowest BCUT2D eigenvalue weighted by atomic mass is 10.1. The van der Waals surface area contributed by atoms with Gasteiger partial charge in [0.05, 0.1) is 9.79 Å². The van der Waals surface area contributed by atoms with Gasteiger partial charge < -0.3 is 4.90 Å². The zero-order valence-corrected chi connectivity index (χ0v) is 23.7. The monoisotopic (exact) mass is 567 g/mol. The Labute approximate surface area is 230 Å². The number of benzene rings is 3. The van der Waals surface area contributed by atoms with E-state index in [1.165, 1.54) is 40.8 Å². The highest BCUT2D eigenvalue weighted by molar-refractivity contribution is 7.90. The average molecular weight is 568 g/mol. The zero-order chi connectivity index (χ0) is 28.0. The second-order valence-electron chi connectivity index (χ2n) is 9.72. The Morgan fingerprint density at radius 1 is 0.897 bits per heavy atom. The predicted octanol–water partition coefficient (Wildman–Crippen LogP) is 3.71. The summed E-state index contributed by atoms with van der Waals surface area (Å²) in [4.78, 5) is 16.7. The van der Waals surface area contributed by atoms with E-state index >= 15 is 0 Å². The molecule has 206 valence electrons. The van der Waals surface area contributed by atoms with Crippen molar-refractivity contribution in [2.75, 3.05) is 31.3 Å². The summed E-state index contributed by atoms with van der Waals surface area (Å²) in [7, 11) is -5.37. The van der Waals surface area contributed by atoms with Crippen molar-refractivity contribution >= 4 is 37.5 Å². The maximum atomic E-state index is 13.0. The quantitative estimate of drug-likeness (QED) is 0.396. The van der Waals surface area contributed by atoms with Crippen LogP contribution in [0.15, 0.2) is 94.7 Å². The van der Waals surface area contributed by atoms with Crippen molar-refractivity contribution in [3.05, 3.63) is 96.1 Å². The molecule has 0 unspecified atom stereocenters. The van der Waals surface area contributed by atoms with Gasteiger partial charge in [0.2, 0.25) is 10.0 Å². The second-order valence-corrected chi connectivity index (χ2v) is 13.5. The van der Waals surface area contributed by atoms with Crippen molar-refractivity contribution in [1.82, 2.24) is 9.62 Å². The molecule has 1 heterocycles. The average Bonchev–Trinajstić information content (AvgIpc) is 2.92. The van der Waals surface area contributed by atoms with Crippen LogP contribution in [0.1, 0.15) is 24.0 Å². The molecule has 0 saturated carbocycles. The van der Waals surface area contributed by atoms with Crippen LogP contribution in [0.2, 0.25) is 0 Å². The van der Waals surface area contributed by atoms with Crippen molar-refractivity contribution in [3.8, 4) is 0 Å². The summed E-state index contributed by atoms with van der Waals surface area (Å²) in [5.74, 6) is -0.307. The fourth-order valence-corrected chi connectivity index (χ4v) is 6.36. The number of sulfonamides is 1. The Balaban J connectivity index is 1.31. The lowest BCUT2D eigenvalue weighted by Crippen LogP contribution is -2.44. The Morgan fingerprint density at radius 3 is 2.08 bits per heavy atom. The molecule has 1 N–H and O–H groups in total. The molecule has 1 saturated heterocycles. The van der Waals surface area contributed by atoms with E-state index in [9.17, 15) is 21.6 Å². The smallest absolute Gasteiger partial charge is 0.250 e. The molecule has 3 aromatic carbocycles. The van der Waals surface area contributed by atoms with Crippen molar-refractivity contribution in [1.29, 1.82) is 0 Å². The molecule has 1 aliphatic heterocycles. The number of anilines is 1. The van der Waals surface area contributed by atoms with Gasteiger partial charge in [-0.1, -0.05) is 42.5 Å². The highest BCUT2D eigenvalue weighted by Gasteiger charge is 2.25. The van der Waals surface area contributed by atoms with Crippen molar-refractivity contribution in [2.45, 2.75) is 35.2 Å². The van der Waals surface area contributed by atoms with E-state index in [1.807, 2.05) is 18.2 Å². The maximum Gasteiger partial charge on any atom is 0.250 e. The summed E-state index contributed by atoms with van der Waals surface area (Å²) in [5.41, 5.74) is 2.48. The topological polar surface area (TPSA) is 104 Å². The zero-order valence-electron chi connectivity index (χ0n) is 22.0. The van der Waals surface area contributed by atoms with Gasteiger partial charge in [0.25, 0.3) is 5.91 Å². The molecule has 4 rings (SSSR count). The first-order valence-electron chi connectivity index (χ1n) is 12.7. The number of likely N-dealkylation sites (tertiary alicyclic amines) is 1. The number of nitrogens with zero attached hydrogens (tertiary/aromatic N) is 2. The molecule has 0 radical (unpaired) electrons. The Hall–Kier alpha value is -3.31. The molecule has 0 aliphatic carbocycles. The van der Waals surface area contributed by atoms with E-state index in [1.54, 1.807) is 37.4 Å². The van der Waals surface area contributed by atoms with E-state index < -0.39 is 19.9 Å². The largest absolute Gasteiger partial charge is 0.312 e. The van der Waals surface area contributed by atoms with Crippen LogP contribution in [-0.4, -0.2) is 60.1 Å². The van der Waals surface area contributed by atoms with Gasteiger partial charge >= 0.3 is 0 Å². The molecule has 0 bridgehead atoms. The van der Waals surface area contributed by atoms with Gasteiger partial charge in [-0.15, -0.1) is 0 Å². The van der Waals surface area contributed by atoms with Gasteiger partial charge in [-0.05, 0) is 66.4 Å². The molecule has 1 amide bonds. The normalized spacial score (nSPS) is 15.4. The number of piperidine rings is 1. The highest BCUT2D eigenvalue weighted by Crippen LogP contribution is 2.20. The number of amides is 1. The fraction of sp³-hybridized carbons (Fsp3) is 0.276. The Morgan fingerprint density at radius 2 is 1.49 bits per heavy atom. The second kappa shape index (κ2) is 12.3. The van der Waals surface area contributed by atoms with E-state index in [0.717, 1.165) is 38.7 Å². The number of carbonyl (C=O) groups excluding carboxylic acids is 1. The summed E-state index contributed by atoms with van der Waals surface area (Å²) >= 11 is 0. The first-order chi connectivity index (χ1) is 18.5. The predicted molar refractivity (Wildman–Crippen MR) is 154 cm³/mol. The van der Waals surface area contributed by atoms with Crippen LogP contribution in [0.3, 0.4) is 0 Å². The summed E-state index contributed by atoms with van der Waals surface area (Å²) in [6.07, 6.45) is 5.60. The third-order valence-electron chi connectivity index (χ3n) is 6.75. The molecule has 0 aromatic heterocycles. The van der Waals surface area contributed by atoms with E-state index in [2.05, 4.69) is 21.8 Å². The van der Waals surface area contributed by atoms with Crippen LogP contribution in [0.25, 0.3) is 6.08 Å². The van der Waals surface area contributed by atoms with Gasteiger partial charge in [-0.3, -0.25) is 9.69 Å². The summed E-state index contributed by atoms with van der Waals surface area (Å²) < 4.78 is 52.0. The summed E-state index contributed by atoms with van der Waals surface area (Å²) in [6, 6.07) is 22.5. The molecule has 39 heavy (non-hydrogen) atoms. The Bertz CT molecular complexity index is 1510. The summed E-state index contributed by atoms with van der Waals surface area (Å²) in [6.45, 7) is 2.51. The first-order valence-corrected chi connectivity index (χ1v) is 16.0. The minimum absolute atomic E-state index is 0.123. The number of carbonyl (C=O) groups is 1. The minimum atomic E-state index is -3.69. The molecule has 3 aromatic rings. The molecule has 8 nitrogen and oxygen atoms in total. The lowest BCUT2D eigenvalue weighted by molar-refractivity contribution is -0.113. The van der Waals surface area contributed by atoms with E-state index in [4.69, 9.17) is 0 Å². The van der Waals surface area contributed by atoms with Crippen molar-refractivity contribution in [2.24, 2.45) is 0 Å². The van der Waals surface area contributed by atoms with Gasteiger partial charge in [0.15, 0.2) is 9.84 Å². The van der Waals surface area contributed by atoms with Crippen LogP contribution in [0.4, 0.5) is 5.69 Å². The number of rotatable bonds is 9. The third kappa shape index (κ3) is 7.86. The SMILES string of the molecule is CN(C(=O)C=Cc1ccc(S(C)(=O)=O)cc1)c1ccc(S(=O)(=O)NC2CCN(Cc3ccccc3)CC2)cc1. The van der Waals surface area contributed by atoms with Crippen LogP contribution in [0.5, 0.6) is 0 Å². The molecular formula is C29H33N3O5S2. The highest BCUT2D eigenvalue weighted by atomic mass is 32.2. The molecule has 1 aliphatic rings. The van der Waals surface area contributed by atoms with Crippen LogP contribution < -0.4 is 9.62 Å². The number of likely N-dealkylation sites (N-methyl/N-ethyl adjacent to an activating group) is 1. The maximum absolute atomic E-state index is 13.0. The number of nitrogens with one attached hydrogen (secondary N) is 1. The molecule has 0 spiro atoms. The van der Waals surface area contributed by atoms with E-state index in [0.29, 0.717) is 11.3 Å². The fourth-order valence-electron chi connectivity index (χ4n) is 4.42.